The lowest BCUT2D eigenvalue weighted by molar-refractivity contribution is -0.0450. The Balaban J connectivity index is 2.07. The molecular formula is C12H20N3O14P3. The number of aromatic amines is 1. The summed E-state index contributed by atoms with van der Waals surface area (Å²) in [5.41, 5.74) is 3.86. The van der Waals surface area contributed by atoms with Crippen LogP contribution in [-0.4, -0.2) is 53.0 Å². The van der Waals surface area contributed by atoms with E-state index in [9.17, 15) is 33.3 Å². The molecule has 0 aliphatic carbocycles. The molecule has 0 saturated carbocycles. The Morgan fingerprint density at radius 2 is 1.84 bits per heavy atom. The van der Waals surface area contributed by atoms with Crippen LogP contribution in [0.15, 0.2) is 28.1 Å². The molecule has 182 valence electrons. The first-order valence-corrected chi connectivity index (χ1v) is 13.0. The number of phosphoric acid groups is 3. The monoisotopic (exact) mass is 523 g/mol. The molecule has 1 aromatic rings. The Bertz CT molecular complexity index is 1110. The van der Waals surface area contributed by atoms with Crippen molar-refractivity contribution in [2.45, 2.75) is 31.3 Å². The molecule has 1 fully saturated rings. The second-order valence-electron chi connectivity index (χ2n) is 6.27. The zero-order chi connectivity index (χ0) is 24.3. The lowest BCUT2D eigenvalue weighted by Gasteiger charge is -2.19. The first-order chi connectivity index (χ1) is 14.6. The van der Waals surface area contributed by atoms with Crippen molar-refractivity contribution in [2.75, 3.05) is 6.61 Å². The number of aliphatic hydroxyl groups is 1. The summed E-state index contributed by atoms with van der Waals surface area (Å²) in [5, 5.41) is 10.1. The number of nitrogens with one attached hydrogen (secondary N) is 1. The molecule has 2 rings (SSSR count). The number of H-pyrrole nitrogens is 1. The molecule has 5 atom stereocenters. The van der Waals surface area contributed by atoms with Crippen molar-refractivity contribution in [3.05, 3.63) is 44.9 Å². The van der Waals surface area contributed by atoms with Gasteiger partial charge in [-0.15, -0.1) is 0 Å². The SMILES string of the molecule is N/C=C/Cc1cn([C@H]2C[C@H](O)[C@@H](COP(=O)(O)OP(=O)(O)OP(=O)(O)O)O2)c(=O)[nH]c1=O. The van der Waals surface area contributed by atoms with Crippen LogP contribution in [-0.2, 0) is 38.0 Å². The maximum Gasteiger partial charge on any atom is 0.490 e. The maximum absolute atomic E-state index is 12.1. The molecule has 17 nitrogen and oxygen atoms in total. The minimum absolute atomic E-state index is 0.0941. The molecule has 1 aliphatic rings. The van der Waals surface area contributed by atoms with Crippen molar-refractivity contribution in [3.8, 4) is 0 Å². The quantitative estimate of drug-likeness (QED) is 0.173. The molecule has 0 aromatic carbocycles. The van der Waals surface area contributed by atoms with Gasteiger partial charge in [0, 0.05) is 18.2 Å². The number of hydrogen-bond acceptors (Lipinski definition) is 11. The summed E-state index contributed by atoms with van der Waals surface area (Å²) < 4.78 is 51.6. The summed E-state index contributed by atoms with van der Waals surface area (Å²) >= 11 is 0. The molecule has 0 spiro atoms. The second kappa shape index (κ2) is 10.2. The second-order valence-corrected chi connectivity index (χ2v) is 10.7. The van der Waals surface area contributed by atoms with Gasteiger partial charge in [0.05, 0.1) is 12.7 Å². The van der Waals surface area contributed by atoms with Gasteiger partial charge in [-0.25, -0.2) is 18.5 Å². The normalized spacial score (nSPS) is 25.6. The van der Waals surface area contributed by atoms with Gasteiger partial charge in [0.15, 0.2) is 0 Å². The molecule has 0 radical (unpaired) electrons. The fraction of sp³-hybridized carbons (Fsp3) is 0.500. The van der Waals surface area contributed by atoms with Crippen molar-refractivity contribution < 1.29 is 56.3 Å². The summed E-state index contributed by atoms with van der Waals surface area (Å²) in [7, 11) is -16.7. The third-order valence-electron chi connectivity index (χ3n) is 3.85. The van der Waals surface area contributed by atoms with Crippen LogP contribution in [0.4, 0.5) is 0 Å². The van der Waals surface area contributed by atoms with E-state index in [-0.39, 0.29) is 18.4 Å². The Hall–Kier alpha value is -1.45. The van der Waals surface area contributed by atoms with Gasteiger partial charge in [0.25, 0.3) is 5.56 Å². The van der Waals surface area contributed by atoms with E-state index in [4.69, 9.17) is 25.2 Å². The van der Waals surface area contributed by atoms with E-state index in [1.165, 1.54) is 18.5 Å². The smallest absolute Gasteiger partial charge is 0.405 e. The molecule has 32 heavy (non-hydrogen) atoms. The molecule has 2 unspecified atom stereocenters. The van der Waals surface area contributed by atoms with E-state index in [1.54, 1.807) is 0 Å². The highest BCUT2D eigenvalue weighted by Gasteiger charge is 2.43. The molecule has 1 aromatic heterocycles. The number of phosphoric ester groups is 1. The Morgan fingerprint density at radius 3 is 2.44 bits per heavy atom. The first-order valence-electron chi connectivity index (χ1n) is 8.45. The van der Waals surface area contributed by atoms with Crippen molar-refractivity contribution in [1.82, 2.24) is 9.55 Å². The predicted octanol–water partition coefficient (Wildman–Crippen LogP) is -1.46. The van der Waals surface area contributed by atoms with Gasteiger partial charge in [-0.3, -0.25) is 18.9 Å². The highest BCUT2D eigenvalue weighted by Crippen LogP contribution is 2.66. The zero-order valence-corrected chi connectivity index (χ0v) is 18.5. The number of rotatable bonds is 10. The van der Waals surface area contributed by atoms with E-state index < -0.39 is 59.8 Å². The summed E-state index contributed by atoms with van der Waals surface area (Å²) in [5.74, 6) is 0. The van der Waals surface area contributed by atoms with Gasteiger partial charge in [-0.05, 0) is 12.6 Å². The largest absolute Gasteiger partial charge is 0.490 e. The van der Waals surface area contributed by atoms with Crippen LogP contribution >= 0.6 is 23.5 Å². The standard InChI is InChI=1S/C12H20N3O14P3/c13-3-1-2-7-5-15(12(18)14-11(7)17)10-4-8(16)9(27-10)6-26-31(22,23)29-32(24,25)28-30(19,20)21/h1,3,5,8-10,16H,2,4,6,13H2,(H,22,23)(H,24,25)(H,14,17,18)(H2,19,20,21)/b3-1+/t8-,9+,10+/m0/s1. The van der Waals surface area contributed by atoms with E-state index >= 15 is 0 Å². The topological polar surface area (TPSA) is 270 Å². The highest BCUT2D eigenvalue weighted by atomic mass is 31.3. The summed E-state index contributed by atoms with van der Waals surface area (Å²) in [6, 6.07) is 0. The molecular weight excluding hydrogens is 503 g/mol. The lowest BCUT2D eigenvalue weighted by Crippen LogP contribution is -2.34. The number of nitrogens with two attached hydrogens (primary N) is 1. The molecule has 0 bridgehead atoms. The predicted molar refractivity (Wildman–Crippen MR) is 103 cm³/mol. The Labute approximate surface area is 178 Å². The molecule has 2 heterocycles. The zero-order valence-electron chi connectivity index (χ0n) is 15.9. The van der Waals surface area contributed by atoms with Gasteiger partial charge in [-0.2, -0.15) is 8.62 Å². The summed E-state index contributed by atoms with van der Waals surface area (Å²) in [4.78, 5) is 61.5. The van der Waals surface area contributed by atoms with E-state index in [0.717, 1.165) is 4.57 Å². The minimum Gasteiger partial charge on any atom is -0.405 e. The average Bonchev–Trinajstić information content (AvgIpc) is 2.97. The summed E-state index contributed by atoms with van der Waals surface area (Å²) in [6.45, 7) is -0.901. The van der Waals surface area contributed by atoms with Crippen LogP contribution < -0.4 is 17.0 Å². The number of hydrogen-bond donors (Lipinski definition) is 7. The third kappa shape index (κ3) is 7.85. The van der Waals surface area contributed by atoms with Crippen LogP contribution in [0, 0.1) is 0 Å². The van der Waals surface area contributed by atoms with Crippen molar-refractivity contribution >= 4 is 23.5 Å². The van der Waals surface area contributed by atoms with Crippen LogP contribution in [0.1, 0.15) is 18.2 Å². The number of nitrogens with zero attached hydrogens (tertiary/aromatic N) is 1. The maximum atomic E-state index is 12.1. The Kier molecular flexibility index (Phi) is 8.56. The van der Waals surface area contributed by atoms with E-state index in [2.05, 4.69) is 18.1 Å². The lowest BCUT2D eigenvalue weighted by atomic mass is 10.2. The van der Waals surface area contributed by atoms with Gasteiger partial charge >= 0.3 is 29.2 Å². The molecule has 1 aliphatic heterocycles. The van der Waals surface area contributed by atoms with Crippen LogP contribution in [0.3, 0.4) is 0 Å². The Morgan fingerprint density at radius 1 is 1.19 bits per heavy atom. The first kappa shape index (κ1) is 26.8. The van der Waals surface area contributed by atoms with Crippen LogP contribution in [0.5, 0.6) is 0 Å². The number of aromatic nitrogens is 2. The highest BCUT2D eigenvalue weighted by molar-refractivity contribution is 7.66. The summed E-state index contributed by atoms with van der Waals surface area (Å²) in [6.07, 6.45) is -0.0828. The molecule has 8 N–H and O–H groups in total. The van der Waals surface area contributed by atoms with Crippen LogP contribution in [0.2, 0.25) is 0 Å². The third-order valence-corrected chi connectivity index (χ3v) is 7.65. The van der Waals surface area contributed by atoms with Gasteiger partial charge in [0.2, 0.25) is 0 Å². The van der Waals surface area contributed by atoms with Crippen LogP contribution in [0.25, 0.3) is 0 Å². The molecule has 20 heteroatoms. The van der Waals surface area contributed by atoms with E-state index in [0.29, 0.717) is 0 Å². The molecule has 0 amide bonds. The molecule has 1 saturated heterocycles. The van der Waals surface area contributed by atoms with Gasteiger partial charge in [-0.1, -0.05) is 6.08 Å². The van der Waals surface area contributed by atoms with Gasteiger partial charge in [0.1, 0.15) is 12.3 Å². The van der Waals surface area contributed by atoms with Gasteiger partial charge < -0.3 is 35.2 Å². The van der Waals surface area contributed by atoms with Crippen molar-refractivity contribution in [2.24, 2.45) is 5.73 Å². The van der Waals surface area contributed by atoms with Crippen molar-refractivity contribution in [3.63, 3.8) is 0 Å². The minimum atomic E-state index is -5.70. The van der Waals surface area contributed by atoms with E-state index in [1.807, 2.05) is 0 Å². The number of aliphatic hydroxyl groups excluding tert-OH is 1. The fourth-order valence-corrected chi connectivity index (χ4v) is 5.62. The average molecular weight is 523 g/mol. The number of ether oxygens (including phenoxy) is 1. The number of allylic oxidation sites excluding steroid dienone is 1. The van der Waals surface area contributed by atoms with Crippen molar-refractivity contribution in [1.29, 1.82) is 0 Å². The fourth-order valence-electron chi connectivity index (χ4n) is 2.59.